The smallest absolute Gasteiger partial charge is 0.338 e. The zero-order chi connectivity index (χ0) is 19.2. The fraction of sp³-hybridized carbons (Fsp3) is 0.227. The molecule has 27 heavy (non-hydrogen) atoms. The van der Waals surface area contributed by atoms with Gasteiger partial charge in [0.1, 0.15) is 5.76 Å². The van der Waals surface area contributed by atoms with Crippen LogP contribution in [-0.4, -0.2) is 30.1 Å². The van der Waals surface area contributed by atoms with E-state index < -0.39 is 5.97 Å². The highest BCUT2D eigenvalue weighted by Gasteiger charge is 2.17. The highest BCUT2D eigenvalue weighted by atomic mass is 16.5. The molecule has 0 spiro atoms. The summed E-state index contributed by atoms with van der Waals surface area (Å²) in [7, 11) is 0. The number of carbonyl (C=O) groups is 2. The molecule has 0 saturated heterocycles. The summed E-state index contributed by atoms with van der Waals surface area (Å²) < 4.78 is 10.4. The van der Waals surface area contributed by atoms with E-state index in [9.17, 15) is 9.59 Å². The molecule has 0 unspecified atom stereocenters. The quantitative estimate of drug-likeness (QED) is 0.559. The number of ketones is 1. The molecule has 0 N–H and O–H groups in total. The number of hydrogen-bond acceptors (Lipinski definition) is 5. The molecule has 2 aromatic rings. The second kappa shape index (κ2) is 8.45. The van der Waals surface area contributed by atoms with Crippen LogP contribution >= 0.6 is 0 Å². The molecule has 0 radical (unpaired) electrons. The lowest BCUT2D eigenvalue weighted by molar-refractivity contribution is 0.0378. The van der Waals surface area contributed by atoms with Crippen molar-refractivity contribution in [1.29, 1.82) is 0 Å². The van der Waals surface area contributed by atoms with Gasteiger partial charge >= 0.3 is 5.97 Å². The van der Waals surface area contributed by atoms with E-state index in [0.717, 1.165) is 11.5 Å². The van der Waals surface area contributed by atoms with E-state index in [-0.39, 0.29) is 11.9 Å². The summed E-state index contributed by atoms with van der Waals surface area (Å²) in [4.78, 5) is 29.2. The van der Waals surface area contributed by atoms with Crippen molar-refractivity contribution in [3.8, 4) is 0 Å². The predicted octanol–water partition coefficient (Wildman–Crippen LogP) is 4.51. The summed E-state index contributed by atoms with van der Waals surface area (Å²) in [5.41, 5.74) is 2.34. The number of allylic oxidation sites excluding steroid dienone is 2. The minimum Gasteiger partial charge on any atom is -0.465 e. The monoisotopic (exact) mass is 363 g/mol. The first kappa shape index (κ1) is 18.6. The van der Waals surface area contributed by atoms with Gasteiger partial charge in [-0.05, 0) is 50.3 Å². The molecule has 0 fully saturated rings. The van der Waals surface area contributed by atoms with E-state index in [4.69, 9.17) is 9.15 Å². The van der Waals surface area contributed by atoms with E-state index in [0.29, 0.717) is 29.7 Å². The summed E-state index contributed by atoms with van der Waals surface area (Å²) in [6, 6.07) is 10.3. The van der Waals surface area contributed by atoms with Crippen molar-refractivity contribution in [2.45, 2.75) is 26.4 Å². The van der Waals surface area contributed by atoms with Crippen molar-refractivity contribution < 1.29 is 18.7 Å². The van der Waals surface area contributed by atoms with Crippen LogP contribution in [0.4, 0.5) is 0 Å². The number of benzene rings is 1. The maximum atomic E-state index is 12.7. The van der Waals surface area contributed by atoms with Crippen LogP contribution in [0, 0.1) is 0 Å². The molecular formula is C22H21NO4. The normalized spacial score (nSPS) is 14.2. The first-order chi connectivity index (χ1) is 13.0. The Hall–Kier alpha value is -3.21. The number of hydrogen-bond donors (Lipinski definition) is 0. The molecule has 2 heterocycles. The third kappa shape index (κ3) is 4.91. The van der Waals surface area contributed by atoms with Gasteiger partial charge in [0.05, 0.1) is 24.5 Å². The number of nitrogens with zero attached hydrogens (tertiary/aromatic N) is 1. The van der Waals surface area contributed by atoms with E-state index in [1.807, 2.05) is 30.4 Å². The predicted molar refractivity (Wildman–Crippen MR) is 104 cm³/mol. The van der Waals surface area contributed by atoms with E-state index >= 15 is 0 Å². The molecule has 5 nitrogen and oxygen atoms in total. The molecule has 5 heteroatoms. The molecule has 3 rings (SSSR count). The van der Waals surface area contributed by atoms with E-state index in [1.54, 1.807) is 44.4 Å². The largest absolute Gasteiger partial charge is 0.465 e. The molecule has 1 aliphatic rings. The van der Waals surface area contributed by atoms with Crippen LogP contribution in [0.3, 0.4) is 0 Å². The van der Waals surface area contributed by atoms with Gasteiger partial charge in [0.25, 0.3) is 0 Å². The molecule has 0 saturated carbocycles. The second-order valence-corrected chi connectivity index (χ2v) is 6.45. The van der Waals surface area contributed by atoms with Crippen molar-refractivity contribution in [1.82, 2.24) is 0 Å². The zero-order valence-corrected chi connectivity index (χ0v) is 15.3. The zero-order valence-electron chi connectivity index (χ0n) is 15.3. The average molecular weight is 363 g/mol. The van der Waals surface area contributed by atoms with E-state index in [1.165, 1.54) is 0 Å². The topological polar surface area (TPSA) is 68.9 Å². The Morgan fingerprint density at radius 1 is 1.15 bits per heavy atom. The fourth-order valence-corrected chi connectivity index (χ4v) is 2.65. The SMILES string of the molecule is CC(C)OC(=O)c1cccc(C(=O)C2=CCC(/C=C/c3ccco3)=NC2)c1. The van der Waals surface area contributed by atoms with Crippen LogP contribution in [0.2, 0.25) is 0 Å². The van der Waals surface area contributed by atoms with Gasteiger partial charge in [0.15, 0.2) is 5.78 Å². The summed E-state index contributed by atoms with van der Waals surface area (Å²) in [5.74, 6) is 0.210. The van der Waals surface area contributed by atoms with Gasteiger partial charge in [0, 0.05) is 23.3 Å². The highest BCUT2D eigenvalue weighted by Crippen LogP contribution is 2.17. The number of rotatable bonds is 6. The van der Waals surface area contributed by atoms with Crippen LogP contribution in [0.1, 0.15) is 46.7 Å². The lowest BCUT2D eigenvalue weighted by Crippen LogP contribution is -2.14. The van der Waals surface area contributed by atoms with Crippen molar-refractivity contribution in [2.75, 3.05) is 6.54 Å². The van der Waals surface area contributed by atoms with Crippen molar-refractivity contribution >= 4 is 23.5 Å². The van der Waals surface area contributed by atoms with Crippen LogP contribution in [0.5, 0.6) is 0 Å². The Morgan fingerprint density at radius 3 is 2.63 bits per heavy atom. The van der Waals surface area contributed by atoms with Crippen molar-refractivity contribution in [2.24, 2.45) is 4.99 Å². The second-order valence-electron chi connectivity index (χ2n) is 6.45. The Bertz CT molecular complexity index is 918. The number of esters is 1. The molecule has 1 aromatic heterocycles. The average Bonchev–Trinajstić information content (AvgIpc) is 3.19. The molecule has 0 bridgehead atoms. The minimum absolute atomic E-state index is 0.119. The molecule has 0 amide bonds. The number of dihydropyridines is 1. The molecule has 1 aromatic carbocycles. The summed E-state index contributed by atoms with van der Waals surface area (Å²) >= 11 is 0. The van der Waals surface area contributed by atoms with Crippen LogP contribution in [0.15, 0.2) is 69.8 Å². The minimum atomic E-state index is -0.430. The summed E-state index contributed by atoms with van der Waals surface area (Å²) in [6.07, 6.45) is 7.61. The summed E-state index contributed by atoms with van der Waals surface area (Å²) in [6.45, 7) is 3.89. The molecule has 138 valence electrons. The maximum Gasteiger partial charge on any atom is 0.338 e. The van der Waals surface area contributed by atoms with Crippen LogP contribution in [0.25, 0.3) is 6.08 Å². The van der Waals surface area contributed by atoms with Gasteiger partial charge in [0.2, 0.25) is 0 Å². The van der Waals surface area contributed by atoms with Crippen molar-refractivity contribution in [3.05, 3.63) is 77.3 Å². The van der Waals surface area contributed by atoms with Gasteiger partial charge in [-0.15, -0.1) is 0 Å². The number of Topliss-reactive ketones (excluding diaryl/α,β-unsaturated/α-hetero) is 1. The first-order valence-electron chi connectivity index (χ1n) is 8.82. The third-order valence-electron chi connectivity index (χ3n) is 3.99. The lowest BCUT2D eigenvalue weighted by atomic mass is 9.98. The van der Waals surface area contributed by atoms with Gasteiger partial charge < -0.3 is 9.15 Å². The summed E-state index contributed by atoms with van der Waals surface area (Å²) in [5, 5.41) is 0. The molecular weight excluding hydrogens is 342 g/mol. The van der Waals surface area contributed by atoms with Gasteiger partial charge in [-0.25, -0.2) is 4.79 Å². The fourth-order valence-electron chi connectivity index (χ4n) is 2.65. The Kier molecular flexibility index (Phi) is 5.81. The molecule has 0 aliphatic carbocycles. The van der Waals surface area contributed by atoms with E-state index in [2.05, 4.69) is 4.99 Å². The first-order valence-corrected chi connectivity index (χ1v) is 8.82. The van der Waals surface area contributed by atoms with Gasteiger partial charge in [-0.2, -0.15) is 0 Å². The molecule has 0 atom stereocenters. The maximum absolute atomic E-state index is 12.7. The third-order valence-corrected chi connectivity index (χ3v) is 3.99. The van der Waals surface area contributed by atoms with Crippen LogP contribution in [-0.2, 0) is 4.74 Å². The van der Waals surface area contributed by atoms with Crippen LogP contribution < -0.4 is 0 Å². The lowest BCUT2D eigenvalue weighted by Gasteiger charge is -2.12. The Balaban J connectivity index is 1.66. The molecule has 1 aliphatic heterocycles. The van der Waals surface area contributed by atoms with Gasteiger partial charge in [-0.1, -0.05) is 18.2 Å². The highest BCUT2D eigenvalue weighted by molar-refractivity contribution is 6.11. The number of furan rings is 1. The number of carbonyl (C=O) groups excluding carboxylic acids is 2. The Labute approximate surface area is 158 Å². The number of aliphatic imine (C=N–C) groups is 1. The Morgan fingerprint density at radius 2 is 1.96 bits per heavy atom. The number of ether oxygens (including phenoxy) is 1. The van der Waals surface area contributed by atoms with Gasteiger partial charge in [-0.3, -0.25) is 9.79 Å². The van der Waals surface area contributed by atoms with Crippen molar-refractivity contribution in [3.63, 3.8) is 0 Å². The standard InChI is InChI=1S/C22H21NO4/c1-15(2)27-22(25)17-6-3-5-16(13-17)21(24)18-8-9-19(23-14-18)10-11-20-7-4-12-26-20/h3-8,10-13,15H,9,14H2,1-2H3/b11-10+.